The first-order valence-electron chi connectivity index (χ1n) is 3.43. The van der Waals surface area contributed by atoms with E-state index in [1.54, 1.807) is 0 Å². The van der Waals surface area contributed by atoms with Gasteiger partial charge in [-0.1, -0.05) is 12.1 Å². The summed E-state index contributed by atoms with van der Waals surface area (Å²) in [7, 11) is 0. The van der Waals surface area contributed by atoms with Crippen LogP contribution in [-0.2, 0) is 6.18 Å². The molecule has 0 saturated carbocycles. The van der Waals surface area contributed by atoms with Gasteiger partial charge in [0.25, 0.3) is 0 Å². The maximum atomic E-state index is 12.0. The normalized spacial score (nSPS) is 9.80. The van der Waals surface area contributed by atoms with Crippen molar-refractivity contribution in [1.29, 1.82) is 5.41 Å². The zero-order valence-electron chi connectivity index (χ0n) is 7.34. The average Bonchev–Trinajstić information content (AvgIpc) is 2.03. The van der Waals surface area contributed by atoms with Crippen molar-refractivity contribution in [3.8, 4) is 0 Å². The molecule has 0 heterocycles. The van der Waals surface area contributed by atoms with Crippen molar-refractivity contribution < 1.29 is 13.2 Å². The number of amidine groups is 1. The van der Waals surface area contributed by atoms with E-state index in [0.717, 1.165) is 12.1 Å². The molecule has 0 aliphatic rings. The molecule has 0 saturated heterocycles. The summed E-state index contributed by atoms with van der Waals surface area (Å²) in [6.45, 7) is 0. The Morgan fingerprint density at radius 1 is 1.07 bits per heavy atom. The molecule has 1 aromatic rings. The number of hydrogen-bond acceptors (Lipinski definition) is 1. The van der Waals surface area contributed by atoms with Gasteiger partial charge in [0, 0.05) is 5.56 Å². The molecule has 0 fully saturated rings. The van der Waals surface area contributed by atoms with Crippen LogP contribution in [0.25, 0.3) is 0 Å². The topological polar surface area (TPSA) is 49.9 Å². The first-order valence-corrected chi connectivity index (χ1v) is 3.43. The van der Waals surface area contributed by atoms with Crippen molar-refractivity contribution >= 4 is 30.6 Å². The number of nitrogens with one attached hydrogen (secondary N) is 1. The summed E-state index contributed by atoms with van der Waals surface area (Å²) < 4.78 is 36.1. The molecule has 0 aromatic heterocycles. The van der Waals surface area contributed by atoms with Gasteiger partial charge in [0.05, 0.1) is 5.56 Å². The lowest BCUT2D eigenvalue weighted by molar-refractivity contribution is -0.137. The maximum absolute atomic E-state index is 12.0. The summed E-state index contributed by atoms with van der Waals surface area (Å²) in [5, 5.41) is 6.96. The number of alkyl halides is 3. The summed E-state index contributed by atoms with van der Waals surface area (Å²) >= 11 is 0. The molecule has 15 heavy (non-hydrogen) atoms. The van der Waals surface area contributed by atoms with E-state index in [4.69, 9.17) is 11.1 Å². The van der Waals surface area contributed by atoms with Gasteiger partial charge in [-0.3, -0.25) is 5.41 Å². The number of halogens is 5. The molecule has 0 aliphatic carbocycles. The lowest BCUT2D eigenvalue weighted by atomic mass is 10.1. The summed E-state index contributed by atoms with van der Waals surface area (Å²) in [5.41, 5.74) is 4.62. The predicted molar refractivity (Wildman–Crippen MR) is 57.0 cm³/mol. The summed E-state index contributed by atoms with van der Waals surface area (Å²) in [6, 6.07) is 4.14. The molecule has 0 spiro atoms. The van der Waals surface area contributed by atoms with Gasteiger partial charge in [-0.25, -0.2) is 0 Å². The van der Waals surface area contributed by atoms with Gasteiger partial charge in [0.1, 0.15) is 5.84 Å². The predicted octanol–water partition coefficient (Wildman–Crippen LogP) is 2.83. The summed E-state index contributed by atoms with van der Waals surface area (Å²) in [5.74, 6) is -0.242. The first-order chi connectivity index (χ1) is 5.91. The van der Waals surface area contributed by atoms with Crippen LogP contribution in [0.2, 0.25) is 0 Å². The van der Waals surface area contributed by atoms with Crippen LogP contribution in [-0.4, -0.2) is 5.84 Å². The number of nitrogens with two attached hydrogens (primary N) is 1. The minimum Gasteiger partial charge on any atom is -0.384 e. The van der Waals surface area contributed by atoms with Crippen LogP contribution in [0, 0.1) is 5.41 Å². The van der Waals surface area contributed by atoms with E-state index >= 15 is 0 Å². The SMILES string of the molecule is Cl.Cl.N=C(N)c1ccc(C(F)(F)F)cc1. The lowest BCUT2D eigenvalue weighted by Gasteiger charge is -2.06. The number of benzene rings is 1. The monoisotopic (exact) mass is 260 g/mol. The fraction of sp³-hybridized carbons (Fsp3) is 0.125. The van der Waals surface area contributed by atoms with Crippen molar-refractivity contribution in [2.75, 3.05) is 0 Å². The van der Waals surface area contributed by atoms with E-state index in [2.05, 4.69) is 0 Å². The summed E-state index contributed by atoms with van der Waals surface area (Å²) in [6.07, 6.45) is -4.34. The van der Waals surface area contributed by atoms with Crippen LogP contribution < -0.4 is 5.73 Å². The minimum atomic E-state index is -4.34. The fourth-order valence-corrected chi connectivity index (χ4v) is 0.839. The highest BCUT2D eigenvalue weighted by Gasteiger charge is 2.29. The Balaban J connectivity index is 0. The molecule has 0 amide bonds. The quantitative estimate of drug-likeness (QED) is 0.592. The van der Waals surface area contributed by atoms with Gasteiger partial charge < -0.3 is 5.73 Å². The Kier molecular flexibility index (Phi) is 6.40. The average molecular weight is 261 g/mol. The van der Waals surface area contributed by atoms with E-state index in [1.807, 2.05) is 0 Å². The smallest absolute Gasteiger partial charge is 0.384 e. The molecule has 0 atom stereocenters. The number of nitrogen functional groups attached to an aromatic ring is 1. The second-order valence-corrected chi connectivity index (χ2v) is 2.49. The van der Waals surface area contributed by atoms with Crippen LogP contribution in [0.5, 0.6) is 0 Å². The van der Waals surface area contributed by atoms with Crippen LogP contribution >= 0.6 is 24.8 Å². The standard InChI is InChI=1S/C8H7F3N2.2ClH/c9-8(10,11)6-3-1-5(2-4-6)7(12)13;;/h1-4H,(H3,12,13);2*1H. The van der Waals surface area contributed by atoms with Crippen LogP contribution in [0.3, 0.4) is 0 Å². The van der Waals surface area contributed by atoms with Crippen molar-refractivity contribution in [2.24, 2.45) is 5.73 Å². The molecule has 0 radical (unpaired) electrons. The lowest BCUT2D eigenvalue weighted by Crippen LogP contribution is -2.12. The zero-order chi connectivity index (χ0) is 10.1. The second kappa shape index (κ2) is 5.82. The molecule has 1 rings (SSSR count). The Labute approximate surface area is 97.0 Å². The molecule has 86 valence electrons. The van der Waals surface area contributed by atoms with E-state index in [0.29, 0.717) is 0 Å². The molecule has 2 nitrogen and oxygen atoms in total. The minimum absolute atomic E-state index is 0. The van der Waals surface area contributed by atoms with Gasteiger partial charge in [-0.05, 0) is 12.1 Å². The van der Waals surface area contributed by atoms with Crippen molar-refractivity contribution in [3.63, 3.8) is 0 Å². The number of hydrogen-bond donors (Lipinski definition) is 2. The molecular formula is C8H9Cl2F3N2. The van der Waals surface area contributed by atoms with Crippen molar-refractivity contribution in [1.82, 2.24) is 0 Å². The van der Waals surface area contributed by atoms with Crippen molar-refractivity contribution in [2.45, 2.75) is 6.18 Å². The van der Waals surface area contributed by atoms with E-state index in [1.165, 1.54) is 12.1 Å². The third kappa shape index (κ3) is 4.40. The highest BCUT2D eigenvalue weighted by atomic mass is 35.5. The Hall–Kier alpha value is -0.940. The molecule has 0 unspecified atom stereocenters. The summed E-state index contributed by atoms with van der Waals surface area (Å²) in [4.78, 5) is 0. The molecule has 7 heteroatoms. The van der Waals surface area contributed by atoms with Crippen LogP contribution in [0.1, 0.15) is 11.1 Å². The largest absolute Gasteiger partial charge is 0.416 e. The highest BCUT2D eigenvalue weighted by Crippen LogP contribution is 2.28. The van der Waals surface area contributed by atoms with Gasteiger partial charge in [-0.2, -0.15) is 13.2 Å². The first kappa shape index (κ1) is 16.5. The van der Waals surface area contributed by atoms with Crippen LogP contribution in [0.15, 0.2) is 24.3 Å². The zero-order valence-corrected chi connectivity index (χ0v) is 8.97. The Bertz CT molecular complexity index is 322. The molecule has 3 N–H and O–H groups in total. The highest BCUT2D eigenvalue weighted by molar-refractivity contribution is 5.94. The second-order valence-electron chi connectivity index (χ2n) is 2.49. The van der Waals surface area contributed by atoms with Gasteiger partial charge in [0.2, 0.25) is 0 Å². The maximum Gasteiger partial charge on any atom is 0.416 e. The number of rotatable bonds is 1. The Morgan fingerprint density at radius 2 is 1.47 bits per heavy atom. The molecule has 0 bridgehead atoms. The third-order valence-corrected chi connectivity index (χ3v) is 1.52. The van der Waals surface area contributed by atoms with E-state index in [-0.39, 0.29) is 36.2 Å². The van der Waals surface area contributed by atoms with Gasteiger partial charge in [0.15, 0.2) is 0 Å². The van der Waals surface area contributed by atoms with Gasteiger partial charge in [-0.15, -0.1) is 24.8 Å². The molecular weight excluding hydrogens is 252 g/mol. The fourth-order valence-electron chi connectivity index (χ4n) is 0.839. The van der Waals surface area contributed by atoms with Gasteiger partial charge >= 0.3 is 6.18 Å². The molecule has 1 aromatic carbocycles. The van der Waals surface area contributed by atoms with Crippen LogP contribution in [0.4, 0.5) is 13.2 Å². The Morgan fingerprint density at radius 3 is 1.73 bits per heavy atom. The third-order valence-electron chi connectivity index (χ3n) is 1.52. The van der Waals surface area contributed by atoms with E-state index in [9.17, 15) is 13.2 Å². The van der Waals surface area contributed by atoms with Crippen molar-refractivity contribution in [3.05, 3.63) is 35.4 Å². The molecule has 0 aliphatic heterocycles. The van der Waals surface area contributed by atoms with E-state index < -0.39 is 11.7 Å².